The van der Waals surface area contributed by atoms with Gasteiger partial charge in [0.15, 0.2) is 0 Å². The topological polar surface area (TPSA) is 66.5 Å². The normalized spacial score (nSPS) is 11.1. The summed E-state index contributed by atoms with van der Waals surface area (Å²) >= 11 is 0. The number of hydrogen-bond donors (Lipinski definition) is 1. The minimum Gasteiger partial charge on any atom is -0.352 e. The Balaban J connectivity index is 2.83. The number of nitrogens with zero attached hydrogens (tertiary/aromatic N) is 1. The molecule has 1 amide bonds. The Bertz CT molecular complexity index is 509. The van der Waals surface area contributed by atoms with Crippen molar-refractivity contribution in [2.75, 3.05) is 24.2 Å². The van der Waals surface area contributed by atoms with Crippen molar-refractivity contribution in [3.63, 3.8) is 0 Å². The van der Waals surface area contributed by atoms with Gasteiger partial charge in [-0.05, 0) is 30.7 Å². The van der Waals surface area contributed by atoms with E-state index in [2.05, 4.69) is 5.32 Å². The first kappa shape index (κ1) is 14.5. The highest BCUT2D eigenvalue weighted by Gasteiger charge is 2.12. The highest BCUT2D eigenvalue weighted by atomic mass is 32.2. The molecule has 0 fully saturated rings. The fourth-order valence-electron chi connectivity index (χ4n) is 1.35. The van der Waals surface area contributed by atoms with Gasteiger partial charge in [0.2, 0.25) is 10.0 Å². The molecule has 0 aromatic heterocycles. The van der Waals surface area contributed by atoms with Gasteiger partial charge in [-0.3, -0.25) is 9.10 Å². The van der Waals surface area contributed by atoms with E-state index in [1.165, 1.54) is 11.4 Å². The number of rotatable bonds is 5. The van der Waals surface area contributed by atoms with Gasteiger partial charge >= 0.3 is 0 Å². The highest BCUT2D eigenvalue weighted by molar-refractivity contribution is 7.92. The van der Waals surface area contributed by atoms with Gasteiger partial charge in [-0.2, -0.15) is 0 Å². The molecule has 0 heterocycles. The SMILES string of the molecule is CCCNC(=O)c1ccc(N(C)S(C)(=O)=O)cc1. The third-order valence-corrected chi connectivity index (χ3v) is 3.73. The Morgan fingerprint density at radius 2 is 1.83 bits per heavy atom. The van der Waals surface area contributed by atoms with Crippen LogP contribution in [0.5, 0.6) is 0 Å². The molecule has 0 saturated carbocycles. The van der Waals surface area contributed by atoms with E-state index < -0.39 is 10.0 Å². The van der Waals surface area contributed by atoms with E-state index in [4.69, 9.17) is 0 Å². The van der Waals surface area contributed by atoms with Gasteiger partial charge in [-0.1, -0.05) is 6.92 Å². The summed E-state index contributed by atoms with van der Waals surface area (Å²) in [5, 5.41) is 2.76. The second-order valence-electron chi connectivity index (χ2n) is 4.03. The fraction of sp³-hybridized carbons (Fsp3) is 0.417. The third-order valence-electron chi connectivity index (χ3n) is 2.53. The van der Waals surface area contributed by atoms with Crippen LogP contribution in [0.1, 0.15) is 23.7 Å². The molecule has 1 rings (SSSR count). The standard InChI is InChI=1S/C12H18N2O3S/c1-4-9-13-12(15)10-5-7-11(8-6-10)14(2)18(3,16)17/h5-8H,4,9H2,1-3H3,(H,13,15). The molecule has 18 heavy (non-hydrogen) atoms. The number of amides is 1. The van der Waals surface area contributed by atoms with Crippen LogP contribution >= 0.6 is 0 Å². The van der Waals surface area contributed by atoms with Crippen LogP contribution in [0.3, 0.4) is 0 Å². The zero-order chi connectivity index (χ0) is 13.8. The summed E-state index contributed by atoms with van der Waals surface area (Å²) in [6.07, 6.45) is 2.01. The average Bonchev–Trinajstić information content (AvgIpc) is 2.34. The fourth-order valence-corrected chi connectivity index (χ4v) is 1.86. The van der Waals surface area contributed by atoms with Gasteiger partial charge in [0, 0.05) is 19.2 Å². The number of benzene rings is 1. The maximum atomic E-state index is 11.6. The summed E-state index contributed by atoms with van der Waals surface area (Å²) in [6, 6.07) is 6.45. The lowest BCUT2D eigenvalue weighted by atomic mass is 10.2. The second kappa shape index (κ2) is 5.86. The van der Waals surface area contributed by atoms with Gasteiger partial charge in [0.1, 0.15) is 0 Å². The summed E-state index contributed by atoms with van der Waals surface area (Å²) in [5.74, 6) is -0.148. The van der Waals surface area contributed by atoms with Crippen LogP contribution in [-0.4, -0.2) is 34.2 Å². The number of carbonyl (C=O) groups is 1. The third kappa shape index (κ3) is 3.73. The van der Waals surface area contributed by atoms with Crippen LogP contribution in [0.25, 0.3) is 0 Å². The van der Waals surface area contributed by atoms with E-state index in [9.17, 15) is 13.2 Å². The monoisotopic (exact) mass is 270 g/mol. The molecule has 0 atom stereocenters. The first-order valence-electron chi connectivity index (χ1n) is 5.68. The van der Waals surface area contributed by atoms with E-state index in [0.29, 0.717) is 17.8 Å². The summed E-state index contributed by atoms with van der Waals surface area (Å²) < 4.78 is 23.8. The summed E-state index contributed by atoms with van der Waals surface area (Å²) in [4.78, 5) is 11.6. The second-order valence-corrected chi connectivity index (χ2v) is 6.05. The van der Waals surface area contributed by atoms with Crippen molar-refractivity contribution < 1.29 is 13.2 Å². The van der Waals surface area contributed by atoms with E-state index in [-0.39, 0.29) is 5.91 Å². The molecule has 0 radical (unpaired) electrons. The minimum atomic E-state index is -3.27. The van der Waals surface area contributed by atoms with Crippen LogP contribution in [-0.2, 0) is 10.0 Å². The molecule has 1 N–H and O–H groups in total. The van der Waals surface area contributed by atoms with Gasteiger partial charge in [0.25, 0.3) is 5.91 Å². The van der Waals surface area contributed by atoms with E-state index in [1.807, 2.05) is 6.92 Å². The Hall–Kier alpha value is -1.56. The molecule has 0 aliphatic rings. The lowest BCUT2D eigenvalue weighted by Crippen LogP contribution is -2.26. The molecule has 0 saturated heterocycles. The number of hydrogen-bond acceptors (Lipinski definition) is 3. The molecule has 0 aliphatic carbocycles. The Morgan fingerprint density at radius 1 is 1.28 bits per heavy atom. The van der Waals surface area contributed by atoms with Crippen LogP contribution in [0.15, 0.2) is 24.3 Å². The van der Waals surface area contributed by atoms with Crippen molar-refractivity contribution in [1.29, 1.82) is 0 Å². The van der Waals surface area contributed by atoms with Crippen molar-refractivity contribution in [1.82, 2.24) is 5.32 Å². The van der Waals surface area contributed by atoms with Crippen molar-refractivity contribution >= 4 is 21.6 Å². The predicted octanol–water partition coefficient (Wildman–Crippen LogP) is 1.22. The lowest BCUT2D eigenvalue weighted by Gasteiger charge is -2.16. The zero-order valence-electron chi connectivity index (χ0n) is 10.8. The van der Waals surface area contributed by atoms with E-state index in [1.54, 1.807) is 24.3 Å². The number of carbonyl (C=O) groups excluding carboxylic acids is 1. The first-order chi connectivity index (χ1) is 8.36. The first-order valence-corrected chi connectivity index (χ1v) is 7.53. The van der Waals surface area contributed by atoms with Crippen molar-refractivity contribution in [2.24, 2.45) is 0 Å². The number of sulfonamides is 1. The van der Waals surface area contributed by atoms with Crippen molar-refractivity contribution in [2.45, 2.75) is 13.3 Å². The molecule has 5 nitrogen and oxygen atoms in total. The van der Waals surface area contributed by atoms with Gasteiger partial charge < -0.3 is 5.32 Å². The number of anilines is 1. The minimum absolute atomic E-state index is 0.148. The molecule has 0 aliphatic heterocycles. The molecule has 0 unspecified atom stereocenters. The Labute approximate surface area is 108 Å². The van der Waals surface area contributed by atoms with Crippen LogP contribution in [0.4, 0.5) is 5.69 Å². The average molecular weight is 270 g/mol. The van der Waals surface area contributed by atoms with Crippen molar-refractivity contribution in [3.8, 4) is 0 Å². The summed E-state index contributed by atoms with van der Waals surface area (Å²) in [6.45, 7) is 2.61. The summed E-state index contributed by atoms with van der Waals surface area (Å²) in [5.41, 5.74) is 1.05. The van der Waals surface area contributed by atoms with Crippen molar-refractivity contribution in [3.05, 3.63) is 29.8 Å². The van der Waals surface area contributed by atoms with Gasteiger partial charge in [0.05, 0.1) is 11.9 Å². The Kier molecular flexibility index (Phi) is 4.72. The zero-order valence-corrected chi connectivity index (χ0v) is 11.6. The van der Waals surface area contributed by atoms with E-state index in [0.717, 1.165) is 12.7 Å². The lowest BCUT2D eigenvalue weighted by molar-refractivity contribution is 0.0953. The van der Waals surface area contributed by atoms with E-state index >= 15 is 0 Å². The quantitative estimate of drug-likeness (QED) is 0.875. The van der Waals surface area contributed by atoms with Crippen LogP contribution < -0.4 is 9.62 Å². The predicted molar refractivity (Wildman–Crippen MR) is 72.3 cm³/mol. The van der Waals surface area contributed by atoms with Crippen LogP contribution in [0, 0.1) is 0 Å². The molecule has 1 aromatic rings. The van der Waals surface area contributed by atoms with Gasteiger partial charge in [-0.15, -0.1) is 0 Å². The molecule has 100 valence electrons. The maximum absolute atomic E-state index is 11.6. The largest absolute Gasteiger partial charge is 0.352 e. The molecule has 6 heteroatoms. The molecule has 0 bridgehead atoms. The van der Waals surface area contributed by atoms with Crippen LogP contribution in [0.2, 0.25) is 0 Å². The molecule has 1 aromatic carbocycles. The Morgan fingerprint density at radius 3 is 2.28 bits per heavy atom. The molecular weight excluding hydrogens is 252 g/mol. The number of nitrogens with one attached hydrogen (secondary N) is 1. The van der Waals surface area contributed by atoms with Gasteiger partial charge in [-0.25, -0.2) is 8.42 Å². The molecular formula is C12H18N2O3S. The summed E-state index contributed by atoms with van der Waals surface area (Å²) in [7, 11) is -1.80. The molecule has 0 spiro atoms. The smallest absolute Gasteiger partial charge is 0.251 e. The maximum Gasteiger partial charge on any atom is 0.251 e. The highest BCUT2D eigenvalue weighted by Crippen LogP contribution is 2.16.